The molecule has 0 spiro atoms. The molecule has 2 N–H and O–H groups in total. The van der Waals surface area contributed by atoms with Crippen LogP contribution in [0.25, 0.3) is 0 Å². The summed E-state index contributed by atoms with van der Waals surface area (Å²) in [7, 11) is 0. The van der Waals surface area contributed by atoms with Crippen LogP contribution in [0.2, 0.25) is 0 Å². The number of carbonyl (C=O) groups excluding carboxylic acids is 2. The molecule has 2 amide bonds. The van der Waals surface area contributed by atoms with Crippen LogP contribution in [0.1, 0.15) is 62.7 Å². The van der Waals surface area contributed by atoms with Crippen LogP contribution in [0.15, 0.2) is 30.3 Å². The molecule has 0 radical (unpaired) electrons. The summed E-state index contributed by atoms with van der Waals surface area (Å²) in [4.78, 5) is 26.4. The van der Waals surface area contributed by atoms with E-state index in [4.69, 9.17) is 4.74 Å². The van der Waals surface area contributed by atoms with Crippen molar-refractivity contribution in [1.29, 1.82) is 0 Å². The summed E-state index contributed by atoms with van der Waals surface area (Å²) in [6, 6.07) is 9.11. The molecular weight excluding hydrogens is 348 g/mol. The van der Waals surface area contributed by atoms with Gasteiger partial charge in [-0.3, -0.25) is 20.4 Å². The molecule has 0 aliphatic heterocycles. The molecule has 1 aromatic heterocycles. The molecule has 0 unspecified atom stereocenters. The van der Waals surface area contributed by atoms with Crippen molar-refractivity contribution in [2.45, 2.75) is 52.2 Å². The van der Waals surface area contributed by atoms with E-state index in [1.807, 2.05) is 32.0 Å². The van der Waals surface area contributed by atoms with E-state index in [0.717, 1.165) is 18.4 Å². The molecular formula is C20H24N2O3S. The average molecular weight is 372 g/mol. The van der Waals surface area contributed by atoms with Gasteiger partial charge in [-0.25, -0.2) is 0 Å². The second kappa shape index (κ2) is 8.47. The smallest absolute Gasteiger partial charge is 0.279 e. The molecule has 0 atom stereocenters. The molecule has 1 aliphatic carbocycles. The summed E-state index contributed by atoms with van der Waals surface area (Å²) >= 11 is 1.52. The highest BCUT2D eigenvalue weighted by molar-refractivity contribution is 7.14. The van der Waals surface area contributed by atoms with Crippen molar-refractivity contribution < 1.29 is 14.3 Å². The van der Waals surface area contributed by atoms with E-state index in [2.05, 4.69) is 10.9 Å². The van der Waals surface area contributed by atoms with Crippen LogP contribution < -0.4 is 10.9 Å². The molecule has 1 aliphatic rings. The topological polar surface area (TPSA) is 67.4 Å². The highest BCUT2D eigenvalue weighted by atomic mass is 32.1. The number of amides is 2. The maximum atomic E-state index is 12.3. The minimum Gasteiger partial charge on any atom is -0.374 e. The zero-order chi connectivity index (χ0) is 18.5. The van der Waals surface area contributed by atoms with Gasteiger partial charge < -0.3 is 4.74 Å². The van der Waals surface area contributed by atoms with Gasteiger partial charge >= 0.3 is 0 Å². The number of carbonyl (C=O) groups is 2. The Bertz CT molecular complexity index is 757. The molecule has 3 rings (SSSR count). The lowest BCUT2D eigenvalue weighted by Crippen LogP contribution is -2.41. The minimum absolute atomic E-state index is 0.163. The quantitative estimate of drug-likeness (QED) is 0.788. The number of hydrogen-bond donors (Lipinski definition) is 2. The van der Waals surface area contributed by atoms with E-state index in [1.54, 1.807) is 12.1 Å². The molecule has 6 heteroatoms. The Morgan fingerprint density at radius 3 is 2.46 bits per heavy atom. The molecule has 0 saturated heterocycles. The SMILES string of the molecule is CC(C)OCc1ccc(C(=O)NNC(=O)c2cc3c(s2)CCCC3)cc1. The van der Waals surface area contributed by atoms with Gasteiger partial charge in [0, 0.05) is 10.4 Å². The predicted octanol–water partition coefficient (Wildman–Crippen LogP) is 3.63. The van der Waals surface area contributed by atoms with Crippen LogP contribution >= 0.6 is 11.3 Å². The highest BCUT2D eigenvalue weighted by Gasteiger charge is 2.17. The summed E-state index contributed by atoms with van der Waals surface area (Å²) < 4.78 is 5.53. The third-order valence-corrected chi connectivity index (χ3v) is 5.55. The Morgan fingerprint density at radius 2 is 1.77 bits per heavy atom. The maximum Gasteiger partial charge on any atom is 0.279 e. The zero-order valence-electron chi connectivity index (χ0n) is 15.1. The Kier molecular flexibility index (Phi) is 6.06. The van der Waals surface area contributed by atoms with E-state index in [-0.39, 0.29) is 17.9 Å². The van der Waals surface area contributed by atoms with Gasteiger partial charge in [0.05, 0.1) is 17.6 Å². The summed E-state index contributed by atoms with van der Waals surface area (Å²) in [5.74, 6) is -0.601. The number of benzene rings is 1. The van der Waals surface area contributed by atoms with Crippen molar-refractivity contribution in [1.82, 2.24) is 10.9 Å². The molecule has 1 heterocycles. The predicted molar refractivity (Wildman–Crippen MR) is 102 cm³/mol. The Labute approximate surface area is 157 Å². The Hall–Kier alpha value is -2.18. The standard InChI is InChI=1S/C20H24N2O3S/c1-13(2)25-12-14-7-9-15(10-8-14)19(23)21-22-20(24)18-11-16-5-3-4-6-17(16)26-18/h7-11,13H,3-6,12H2,1-2H3,(H,21,23)(H,22,24). The number of rotatable bonds is 5. The molecule has 2 aromatic rings. The first-order chi connectivity index (χ1) is 12.5. The third-order valence-electron chi connectivity index (χ3n) is 4.31. The molecule has 1 aromatic carbocycles. The summed E-state index contributed by atoms with van der Waals surface area (Å²) in [5.41, 5.74) is 7.76. The zero-order valence-corrected chi connectivity index (χ0v) is 15.9. The highest BCUT2D eigenvalue weighted by Crippen LogP contribution is 2.29. The number of thiophene rings is 1. The molecule has 0 saturated carbocycles. The number of ether oxygens (including phenoxy) is 1. The monoisotopic (exact) mass is 372 g/mol. The Balaban J connectivity index is 1.53. The van der Waals surface area contributed by atoms with Crippen LogP contribution in [-0.4, -0.2) is 17.9 Å². The van der Waals surface area contributed by atoms with Crippen molar-refractivity contribution in [2.75, 3.05) is 0 Å². The van der Waals surface area contributed by atoms with Crippen LogP contribution in [0.5, 0.6) is 0 Å². The second-order valence-electron chi connectivity index (χ2n) is 6.73. The summed E-state index contributed by atoms with van der Waals surface area (Å²) in [6.45, 7) is 4.47. The minimum atomic E-state index is -0.337. The van der Waals surface area contributed by atoms with E-state index in [9.17, 15) is 9.59 Å². The van der Waals surface area contributed by atoms with Gasteiger partial charge in [0.1, 0.15) is 0 Å². The third kappa shape index (κ3) is 4.71. The lowest BCUT2D eigenvalue weighted by molar-refractivity contribution is 0.0656. The fourth-order valence-electron chi connectivity index (χ4n) is 2.87. The van der Waals surface area contributed by atoms with Gasteiger partial charge in [0.2, 0.25) is 0 Å². The van der Waals surface area contributed by atoms with Gasteiger partial charge in [-0.05, 0) is 68.9 Å². The van der Waals surface area contributed by atoms with Crippen molar-refractivity contribution in [3.8, 4) is 0 Å². The van der Waals surface area contributed by atoms with Crippen LogP contribution in [0, 0.1) is 0 Å². The number of fused-ring (bicyclic) bond motifs is 1. The molecule has 138 valence electrons. The fourth-order valence-corrected chi connectivity index (χ4v) is 4.01. The number of hydrazine groups is 1. The summed E-state index contributed by atoms with van der Waals surface area (Å²) in [5, 5.41) is 0. The van der Waals surface area contributed by atoms with E-state index in [1.165, 1.54) is 34.6 Å². The maximum absolute atomic E-state index is 12.3. The van der Waals surface area contributed by atoms with Gasteiger partial charge in [0.25, 0.3) is 11.8 Å². The van der Waals surface area contributed by atoms with E-state index < -0.39 is 0 Å². The molecule has 5 nitrogen and oxygen atoms in total. The van der Waals surface area contributed by atoms with Crippen molar-refractivity contribution in [3.05, 3.63) is 56.8 Å². The fraction of sp³-hybridized carbons (Fsp3) is 0.400. The lowest BCUT2D eigenvalue weighted by atomic mass is 9.99. The van der Waals surface area contributed by atoms with Gasteiger partial charge in [-0.2, -0.15) is 0 Å². The first-order valence-corrected chi connectivity index (χ1v) is 9.77. The van der Waals surface area contributed by atoms with Gasteiger partial charge in [0.15, 0.2) is 0 Å². The largest absolute Gasteiger partial charge is 0.374 e. The van der Waals surface area contributed by atoms with E-state index in [0.29, 0.717) is 17.0 Å². The molecule has 0 fully saturated rings. The van der Waals surface area contributed by atoms with Crippen molar-refractivity contribution in [3.63, 3.8) is 0 Å². The van der Waals surface area contributed by atoms with Crippen LogP contribution in [0.4, 0.5) is 0 Å². The number of hydrogen-bond acceptors (Lipinski definition) is 4. The average Bonchev–Trinajstić information content (AvgIpc) is 3.09. The summed E-state index contributed by atoms with van der Waals surface area (Å²) in [6.07, 6.45) is 4.62. The van der Waals surface area contributed by atoms with Gasteiger partial charge in [-0.1, -0.05) is 12.1 Å². The van der Waals surface area contributed by atoms with Crippen LogP contribution in [0.3, 0.4) is 0 Å². The number of nitrogens with one attached hydrogen (secondary N) is 2. The number of aryl methyl sites for hydroxylation is 2. The van der Waals surface area contributed by atoms with Gasteiger partial charge in [-0.15, -0.1) is 11.3 Å². The second-order valence-corrected chi connectivity index (χ2v) is 7.87. The first-order valence-electron chi connectivity index (χ1n) is 8.95. The normalized spacial score (nSPS) is 13.3. The van der Waals surface area contributed by atoms with Crippen LogP contribution in [-0.2, 0) is 24.2 Å². The molecule has 26 heavy (non-hydrogen) atoms. The molecule has 0 bridgehead atoms. The van der Waals surface area contributed by atoms with Crippen molar-refractivity contribution >= 4 is 23.2 Å². The lowest BCUT2D eigenvalue weighted by Gasteiger charge is -2.09. The first kappa shape index (κ1) is 18.6. The van der Waals surface area contributed by atoms with Crippen molar-refractivity contribution in [2.24, 2.45) is 0 Å². The van der Waals surface area contributed by atoms with E-state index >= 15 is 0 Å². The Morgan fingerprint density at radius 1 is 1.08 bits per heavy atom.